The van der Waals surface area contributed by atoms with Crippen molar-refractivity contribution in [1.82, 2.24) is 4.90 Å². The lowest BCUT2D eigenvalue weighted by Crippen LogP contribution is -2.48. The summed E-state index contributed by atoms with van der Waals surface area (Å²) in [6, 6.07) is 11.9. The van der Waals surface area contributed by atoms with Crippen molar-refractivity contribution in [3.63, 3.8) is 0 Å². The summed E-state index contributed by atoms with van der Waals surface area (Å²) >= 11 is 0. The van der Waals surface area contributed by atoms with E-state index in [9.17, 15) is 4.79 Å². The number of primary amides is 1. The minimum absolute atomic E-state index is 0.285. The van der Waals surface area contributed by atoms with E-state index in [0.29, 0.717) is 31.0 Å². The lowest BCUT2D eigenvalue weighted by molar-refractivity contribution is -0.124. The molecule has 25 heavy (non-hydrogen) atoms. The van der Waals surface area contributed by atoms with Crippen molar-refractivity contribution in [2.45, 2.75) is 32.5 Å². The van der Waals surface area contributed by atoms with Crippen LogP contribution in [0.2, 0.25) is 0 Å². The Balaban J connectivity index is 1.92. The van der Waals surface area contributed by atoms with Gasteiger partial charge in [-0.2, -0.15) is 0 Å². The first-order valence-electron chi connectivity index (χ1n) is 8.35. The van der Waals surface area contributed by atoms with Crippen LogP contribution >= 0.6 is 0 Å². The highest BCUT2D eigenvalue weighted by molar-refractivity contribution is 5.80. The van der Waals surface area contributed by atoms with Gasteiger partial charge in [-0.3, -0.25) is 9.69 Å². The van der Waals surface area contributed by atoms with Gasteiger partial charge in [0, 0.05) is 13.1 Å². The maximum absolute atomic E-state index is 12.0. The van der Waals surface area contributed by atoms with Crippen molar-refractivity contribution in [1.29, 1.82) is 0 Å². The number of amides is 1. The Hall–Kier alpha value is -2.53. The van der Waals surface area contributed by atoms with Crippen LogP contribution in [0, 0.1) is 6.92 Å². The fourth-order valence-corrected chi connectivity index (χ4v) is 3.44. The van der Waals surface area contributed by atoms with Gasteiger partial charge in [0.25, 0.3) is 0 Å². The Kier molecular flexibility index (Phi) is 4.95. The molecule has 0 bridgehead atoms. The predicted octanol–water partition coefficient (Wildman–Crippen LogP) is 2.42. The molecule has 0 aliphatic carbocycles. The van der Waals surface area contributed by atoms with Gasteiger partial charge in [0.1, 0.15) is 0 Å². The van der Waals surface area contributed by atoms with E-state index in [2.05, 4.69) is 17.0 Å². The van der Waals surface area contributed by atoms with E-state index in [0.717, 1.165) is 11.1 Å². The van der Waals surface area contributed by atoms with Crippen LogP contribution < -0.4 is 15.2 Å². The summed E-state index contributed by atoms with van der Waals surface area (Å²) in [5, 5.41) is 0. The second-order valence-corrected chi connectivity index (χ2v) is 6.43. The summed E-state index contributed by atoms with van der Waals surface area (Å²) in [7, 11) is 3.25. The molecule has 1 heterocycles. The predicted molar refractivity (Wildman–Crippen MR) is 96.7 cm³/mol. The number of hydrogen-bond acceptors (Lipinski definition) is 4. The van der Waals surface area contributed by atoms with Crippen LogP contribution in [0.1, 0.15) is 22.3 Å². The molecule has 0 fully saturated rings. The minimum Gasteiger partial charge on any atom is -0.493 e. The third kappa shape index (κ3) is 3.46. The van der Waals surface area contributed by atoms with Crippen LogP contribution in [0.25, 0.3) is 0 Å². The van der Waals surface area contributed by atoms with Crippen molar-refractivity contribution < 1.29 is 14.3 Å². The molecular formula is C20H24N2O3. The molecule has 5 nitrogen and oxygen atoms in total. The number of ether oxygens (including phenoxy) is 2. The largest absolute Gasteiger partial charge is 0.493 e. The van der Waals surface area contributed by atoms with E-state index in [-0.39, 0.29) is 11.9 Å². The Morgan fingerprint density at radius 3 is 2.44 bits per heavy atom. The molecule has 2 N–H and O–H groups in total. The average molecular weight is 340 g/mol. The smallest absolute Gasteiger partial charge is 0.235 e. The average Bonchev–Trinajstić information content (AvgIpc) is 2.62. The minimum atomic E-state index is -0.303. The number of nitrogens with zero attached hydrogens (tertiary/aromatic N) is 1. The normalized spacial score (nSPS) is 17.0. The van der Waals surface area contributed by atoms with Gasteiger partial charge < -0.3 is 15.2 Å². The maximum atomic E-state index is 12.0. The van der Waals surface area contributed by atoms with E-state index in [1.54, 1.807) is 14.2 Å². The maximum Gasteiger partial charge on any atom is 0.235 e. The van der Waals surface area contributed by atoms with Crippen molar-refractivity contribution >= 4 is 5.91 Å². The molecule has 3 rings (SSSR count). The SMILES string of the molecule is COc1cc(C)c(CN2Cc3ccccc3C[C@@H]2C(N)=O)cc1OC. The number of hydrogen-bond donors (Lipinski definition) is 1. The Morgan fingerprint density at radius 2 is 1.80 bits per heavy atom. The quantitative estimate of drug-likeness (QED) is 0.908. The standard InChI is InChI=1S/C20H24N2O3/c1-13-8-18(24-2)19(25-3)10-16(13)12-22-11-15-7-5-4-6-14(15)9-17(22)20(21)23/h4-8,10,17H,9,11-12H2,1-3H3,(H2,21,23)/t17-/m1/s1. The Bertz CT molecular complexity index is 789. The number of benzene rings is 2. The van der Waals surface area contributed by atoms with Crippen LogP contribution in [0.15, 0.2) is 36.4 Å². The first-order valence-corrected chi connectivity index (χ1v) is 8.35. The van der Waals surface area contributed by atoms with Gasteiger partial charge in [-0.05, 0) is 47.7 Å². The highest BCUT2D eigenvalue weighted by Crippen LogP contribution is 2.32. The van der Waals surface area contributed by atoms with E-state index >= 15 is 0 Å². The van der Waals surface area contributed by atoms with E-state index in [4.69, 9.17) is 15.2 Å². The molecule has 2 aromatic rings. The number of carbonyl (C=O) groups excluding carboxylic acids is 1. The molecule has 0 saturated heterocycles. The third-order valence-electron chi connectivity index (χ3n) is 4.89. The van der Waals surface area contributed by atoms with Gasteiger partial charge in [0.05, 0.1) is 20.3 Å². The molecule has 1 aliphatic heterocycles. The summed E-state index contributed by atoms with van der Waals surface area (Å²) in [6.45, 7) is 3.38. The van der Waals surface area contributed by atoms with Gasteiger partial charge >= 0.3 is 0 Å². The molecule has 0 unspecified atom stereocenters. The molecule has 1 aliphatic rings. The lowest BCUT2D eigenvalue weighted by Gasteiger charge is -2.35. The number of carbonyl (C=O) groups is 1. The van der Waals surface area contributed by atoms with Crippen molar-refractivity contribution in [2.24, 2.45) is 5.73 Å². The van der Waals surface area contributed by atoms with Gasteiger partial charge in [-0.1, -0.05) is 24.3 Å². The molecule has 0 radical (unpaired) electrons. The number of methoxy groups -OCH3 is 2. The molecule has 132 valence electrons. The second-order valence-electron chi connectivity index (χ2n) is 6.43. The molecule has 5 heteroatoms. The molecule has 0 saturated carbocycles. The number of aryl methyl sites for hydroxylation is 1. The first-order chi connectivity index (χ1) is 12.0. The number of fused-ring (bicyclic) bond motifs is 1. The molecular weight excluding hydrogens is 316 g/mol. The highest BCUT2D eigenvalue weighted by atomic mass is 16.5. The van der Waals surface area contributed by atoms with Gasteiger partial charge in [0.2, 0.25) is 5.91 Å². The van der Waals surface area contributed by atoms with Crippen molar-refractivity contribution in [3.8, 4) is 11.5 Å². The molecule has 0 aromatic heterocycles. The molecule has 0 spiro atoms. The molecule has 1 amide bonds. The molecule has 2 aromatic carbocycles. The van der Waals surface area contributed by atoms with Crippen LogP contribution in [0.3, 0.4) is 0 Å². The van der Waals surface area contributed by atoms with Gasteiger partial charge in [-0.15, -0.1) is 0 Å². The van der Waals surface area contributed by atoms with E-state index < -0.39 is 0 Å². The fourth-order valence-electron chi connectivity index (χ4n) is 3.44. The summed E-state index contributed by atoms with van der Waals surface area (Å²) in [5.74, 6) is 1.11. The number of rotatable bonds is 5. The van der Waals surface area contributed by atoms with Crippen LogP contribution in [0.5, 0.6) is 11.5 Å². The van der Waals surface area contributed by atoms with Crippen molar-refractivity contribution in [3.05, 3.63) is 58.7 Å². The van der Waals surface area contributed by atoms with Crippen molar-refractivity contribution in [2.75, 3.05) is 14.2 Å². The van der Waals surface area contributed by atoms with E-state index in [1.165, 1.54) is 11.1 Å². The second kappa shape index (κ2) is 7.15. The summed E-state index contributed by atoms with van der Waals surface area (Å²) in [6.07, 6.45) is 0.651. The Labute approximate surface area is 148 Å². The zero-order valence-corrected chi connectivity index (χ0v) is 14.9. The summed E-state index contributed by atoms with van der Waals surface area (Å²) in [5.41, 5.74) is 10.3. The zero-order valence-electron chi connectivity index (χ0n) is 14.9. The summed E-state index contributed by atoms with van der Waals surface area (Å²) in [4.78, 5) is 14.1. The van der Waals surface area contributed by atoms with Gasteiger partial charge in [-0.25, -0.2) is 0 Å². The lowest BCUT2D eigenvalue weighted by atomic mass is 9.92. The van der Waals surface area contributed by atoms with Crippen LogP contribution in [-0.4, -0.2) is 31.1 Å². The number of nitrogens with two attached hydrogens (primary N) is 1. The van der Waals surface area contributed by atoms with Crippen LogP contribution in [0.4, 0.5) is 0 Å². The zero-order chi connectivity index (χ0) is 18.0. The summed E-state index contributed by atoms with van der Waals surface area (Å²) < 4.78 is 10.8. The Morgan fingerprint density at radius 1 is 1.16 bits per heavy atom. The first kappa shape index (κ1) is 17.3. The topological polar surface area (TPSA) is 64.8 Å². The fraction of sp³-hybridized carbons (Fsp3) is 0.350. The highest BCUT2D eigenvalue weighted by Gasteiger charge is 2.30. The van der Waals surface area contributed by atoms with Crippen LogP contribution in [-0.2, 0) is 24.3 Å². The third-order valence-corrected chi connectivity index (χ3v) is 4.89. The monoisotopic (exact) mass is 340 g/mol. The van der Waals surface area contributed by atoms with Gasteiger partial charge in [0.15, 0.2) is 11.5 Å². The molecule has 1 atom stereocenters. The van der Waals surface area contributed by atoms with E-state index in [1.807, 2.05) is 31.2 Å².